The normalized spacial score (nSPS) is 30.0. The van der Waals surface area contributed by atoms with E-state index in [2.05, 4.69) is 44.8 Å². The molecule has 0 spiro atoms. The van der Waals surface area contributed by atoms with Crippen molar-refractivity contribution >= 4 is 5.97 Å². The lowest BCUT2D eigenvalue weighted by molar-refractivity contribution is -0.151. The van der Waals surface area contributed by atoms with Gasteiger partial charge in [0, 0.05) is 13.1 Å². The zero-order valence-electron chi connectivity index (χ0n) is 14.5. The van der Waals surface area contributed by atoms with Crippen LogP contribution >= 0.6 is 0 Å². The van der Waals surface area contributed by atoms with Gasteiger partial charge in [0.2, 0.25) is 0 Å². The fourth-order valence-corrected chi connectivity index (χ4v) is 3.92. The molecular formula is C17H34N2O2. The first-order valence-corrected chi connectivity index (χ1v) is 8.58. The van der Waals surface area contributed by atoms with Crippen molar-refractivity contribution in [1.82, 2.24) is 10.2 Å². The summed E-state index contributed by atoms with van der Waals surface area (Å²) in [6, 6.07) is 0. The highest BCUT2D eigenvalue weighted by Gasteiger charge is 2.49. The van der Waals surface area contributed by atoms with Crippen molar-refractivity contribution in [2.75, 3.05) is 26.2 Å². The Labute approximate surface area is 130 Å². The number of aliphatic carboxylic acids is 1. The highest BCUT2D eigenvalue weighted by Crippen LogP contribution is 2.41. The van der Waals surface area contributed by atoms with Crippen LogP contribution in [-0.2, 0) is 4.79 Å². The molecule has 1 rings (SSSR count). The van der Waals surface area contributed by atoms with E-state index in [9.17, 15) is 9.90 Å². The molecule has 0 saturated heterocycles. The third kappa shape index (κ3) is 4.43. The van der Waals surface area contributed by atoms with Crippen molar-refractivity contribution in [2.24, 2.45) is 17.8 Å². The molecule has 1 aliphatic rings. The van der Waals surface area contributed by atoms with Gasteiger partial charge in [-0.15, -0.1) is 0 Å². The topological polar surface area (TPSA) is 52.6 Å². The average Bonchev–Trinajstić information content (AvgIpc) is 2.43. The van der Waals surface area contributed by atoms with Gasteiger partial charge in [0.1, 0.15) is 5.54 Å². The minimum absolute atomic E-state index is 0.225. The highest BCUT2D eigenvalue weighted by atomic mass is 16.4. The second-order valence-corrected chi connectivity index (χ2v) is 6.97. The van der Waals surface area contributed by atoms with Crippen LogP contribution in [0.1, 0.15) is 53.9 Å². The number of rotatable bonds is 8. The summed E-state index contributed by atoms with van der Waals surface area (Å²) in [6.45, 7) is 14.5. The molecule has 2 N–H and O–H groups in total. The summed E-state index contributed by atoms with van der Waals surface area (Å²) in [4.78, 5) is 14.4. The lowest BCUT2D eigenvalue weighted by Gasteiger charge is -2.46. The van der Waals surface area contributed by atoms with Crippen LogP contribution in [0.25, 0.3) is 0 Å². The number of nitrogens with one attached hydrogen (secondary N) is 1. The second-order valence-electron chi connectivity index (χ2n) is 6.97. The Morgan fingerprint density at radius 3 is 2.43 bits per heavy atom. The van der Waals surface area contributed by atoms with Crippen molar-refractivity contribution in [3.63, 3.8) is 0 Å². The van der Waals surface area contributed by atoms with Crippen molar-refractivity contribution in [2.45, 2.75) is 59.4 Å². The van der Waals surface area contributed by atoms with E-state index in [-0.39, 0.29) is 5.92 Å². The van der Waals surface area contributed by atoms with Crippen LogP contribution in [0.4, 0.5) is 0 Å². The lowest BCUT2D eigenvalue weighted by Crippen LogP contribution is -2.62. The van der Waals surface area contributed by atoms with Gasteiger partial charge in [-0.2, -0.15) is 0 Å². The molecule has 1 saturated carbocycles. The minimum atomic E-state index is -0.737. The Kier molecular flexibility index (Phi) is 7.14. The maximum atomic E-state index is 12.1. The van der Waals surface area contributed by atoms with Gasteiger partial charge in [0.05, 0.1) is 0 Å². The van der Waals surface area contributed by atoms with E-state index in [1.54, 1.807) is 0 Å². The summed E-state index contributed by atoms with van der Waals surface area (Å²) >= 11 is 0. The minimum Gasteiger partial charge on any atom is -0.480 e. The molecule has 3 atom stereocenters. The molecule has 1 fully saturated rings. The summed E-state index contributed by atoms with van der Waals surface area (Å²) in [7, 11) is 0. The Balaban J connectivity index is 2.81. The van der Waals surface area contributed by atoms with Gasteiger partial charge in [0.25, 0.3) is 0 Å². The molecule has 3 unspecified atom stereocenters. The molecule has 124 valence electrons. The van der Waals surface area contributed by atoms with Gasteiger partial charge in [-0.1, -0.05) is 41.0 Å². The van der Waals surface area contributed by atoms with Crippen molar-refractivity contribution in [1.29, 1.82) is 0 Å². The van der Waals surface area contributed by atoms with E-state index >= 15 is 0 Å². The summed E-state index contributed by atoms with van der Waals surface area (Å²) in [5, 5.41) is 13.4. The third-order valence-corrected chi connectivity index (χ3v) is 5.22. The maximum absolute atomic E-state index is 12.1. The Morgan fingerprint density at radius 1 is 1.33 bits per heavy atom. The predicted octanol–water partition coefficient (Wildman–Crippen LogP) is 2.83. The quantitative estimate of drug-likeness (QED) is 0.723. The Bertz CT molecular complexity index is 329. The molecule has 4 heteroatoms. The largest absolute Gasteiger partial charge is 0.480 e. The van der Waals surface area contributed by atoms with Crippen LogP contribution in [0, 0.1) is 17.8 Å². The molecule has 0 aliphatic heterocycles. The van der Waals surface area contributed by atoms with Crippen LogP contribution in [0.2, 0.25) is 0 Å². The number of likely N-dealkylation sites (N-methyl/N-ethyl adjacent to an activating group) is 1. The molecule has 0 radical (unpaired) electrons. The first-order valence-electron chi connectivity index (χ1n) is 8.58. The smallest absolute Gasteiger partial charge is 0.324 e. The van der Waals surface area contributed by atoms with Crippen LogP contribution in [0.3, 0.4) is 0 Å². The number of carboxylic acids is 1. The van der Waals surface area contributed by atoms with Gasteiger partial charge in [0.15, 0.2) is 0 Å². The number of nitrogens with zero attached hydrogens (tertiary/aromatic N) is 1. The van der Waals surface area contributed by atoms with Gasteiger partial charge in [-0.3, -0.25) is 4.79 Å². The summed E-state index contributed by atoms with van der Waals surface area (Å²) in [5.74, 6) is 0.446. The van der Waals surface area contributed by atoms with Gasteiger partial charge in [-0.25, -0.2) is 0 Å². The molecule has 0 heterocycles. The summed E-state index contributed by atoms with van der Waals surface area (Å²) < 4.78 is 0. The Morgan fingerprint density at radius 2 is 1.95 bits per heavy atom. The molecular weight excluding hydrogens is 264 g/mol. The number of hydrogen-bond acceptors (Lipinski definition) is 3. The van der Waals surface area contributed by atoms with Crippen molar-refractivity contribution in [3.05, 3.63) is 0 Å². The van der Waals surface area contributed by atoms with Gasteiger partial charge in [-0.05, 0) is 43.7 Å². The number of hydrogen-bond donors (Lipinski definition) is 2. The molecule has 4 nitrogen and oxygen atoms in total. The molecule has 21 heavy (non-hydrogen) atoms. The van der Waals surface area contributed by atoms with Crippen LogP contribution in [0.5, 0.6) is 0 Å². The predicted molar refractivity (Wildman–Crippen MR) is 87.5 cm³/mol. The molecule has 0 aromatic rings. The molecule has 0 bridgehead atoms. The Hall–Kier alpha value is -0.610. The number of carboxylic acid groups (broad SMARTS) is 1. The van der Waals surface area contributed by atoms with E-state index < -0.39 is 11.5 Å². The SMILES string of the molecule is CCN(CC)CCNC1(C(=O)O)CC(C)CCC1C(C)C. The van der Waals surface area contributed by atoms with Gasteiger partial charge >= 0.3 is 5.97 Å². The van der Waals surface area contributed by atoms with Crippen molar-refractivity contribution < 1.29 is 9.90 Å². The standard InChI is InChI=1S/C17H34N2O2/c1-6-19(7-2)11-10-18-17(16(20)21)12-14(5)8-9-15(17)13(3)4/h13-15,18H,6-12H2,1-5H3,(H,20,21). The first-order chi connectivity index (χ1) is 9.87. The molecule has 0 aromatic carbocycles. The second kappa shape index (κ2) is 8.14. The summed E-state index contributed by atoms with van der Waals surface area (Å²) in [6.07, 6.45) is 2.92. The van der Waals surface area contributed by atoms with Crippen LogP contribution in [-0.4, -0.2) is 47.7 Å². The summed E-state index contributed by atoms with van der Waals surface area (Å²) in [5.41, 5.74) is -0.737. The van der Waals surface area contributed by atoms with Crippen LogP contribution < -0.4 is 5.32 Å². The monoisotopic (exact) mass is 298 g/mol. The van der Waals surface area contributed by atoms with Crippen molar-refractivity contribution in [3.8, 4) is 0 Å². The van der Waals surface area contributed by atoms with E-state index in [4.69, 9.17) is 0 Å². The van der Waals surface area contributed by atoms with E-state index in [1.165, 1.54) is 0 Å². The first kappa shape index (κ1) is 18.4. The molecule has 0 aromatic heterocycles. The van der Waals surface area contributed by atoms with Gasteiger partial charge < -0.3 is 15.3 Å². The fourth-order valence-electron chi connectivity index (χ4n) is 3.92. The maximum Gasteiger partial charge on any atom is 0.324 e. The highest BCUT2D eigenvalue weighted by molar-refractivity contribution is 5.79. The number of carbonyl (C=O) groups is 1. The van der Waals surface area contributed by atoms with Crippen LogP contribution in [0.15, 0.2) is 0 Å². The zero-order chi connectivity index (χ0) is 16.0. The van der Waals surface area contributed by atoms with E-state index in [1.807, 2.05) is 0 Å². The lowest BCUT2D eigenvalue weighted by atomic mass is 9.65. The zero-order valence-corrected chi connectivity index (χ0v) is 14.5. The van der Waals surface area contributed by atoms with E-state index in [0.29, 0.717) is 11.8 Å². The fraction of sp³-hybridized carbons (Fsp3) is 0.941. The third-order valence-electron chi connectivity index (χ3n) is 5.22. The molecule has 1 aliphatic carbocycles. The molecule has 0 amide bonds. The average molecular weight is 298 g/mol. The van der Waals surface area contributed by atoms with E-state index in [0.717, 1.165) is 45.4 Å².